The van der Waals surface area contributed by atoms with Gasteiger partial charge in [0.25, 0.3) is 0 Å². The number of aromatic nitrogens is 2. The lowest BCUT2D eigenvalue weighted by molar-refractivity contribution is 0.416. The van der Waals surface area contributed by atoms with Gasteiger partial charge < -0.3 is 15.4 Å². The zero-order chi connectivity index (χ0) is 13.8. The molecule has 0 fully saturated rings. The number of nitrogens with one attached hydrogen (secondary N) is 2. The third kappa shape index (κ3) is 2.90. The molecule has 0 saturated heterocycles. The van der Waals surface area contributed by atoms with E-state index in [1.807, 2.05) is 25.1 Å². The van der Waals surface area contributed by atoms with Crippen molar-refractivity contribution in [3.8, 4) is 5.75 Å². The molecule has 0 unspecified atom stereocenters. The molecule has 2 rings (SSSR count). The van der Waals surface area contributed by atoms with E-state index in [0.717, 1.165) is 11.8 Å². The largest absolute Gasteiger partial charge is 0.495 e. The van der Waals surface area contributed by atoms with Gasteiger partial charge in [-0.15, -0.1) is 0 Å². The number of nitrogens with zero attached hydrogens (tertiary/aromatic N) is 2. The summed E-state index contributed by atoms with van der Waals surface area (Å²) in [5.41, 5.74) is 1.69. The molecule has 5 nitrogen and oxygen atoms in total. The van der Waals surface area contributed by atoms with Crippen molar-refractivity contribution < 1.29 is 9.13 Å². The van der Waals surface area contributed by atoms with Crippen molar-refractivity contribution in [2.75, 3.05) is 24.8 Å². The molecule has 0 amide bonds. The van der Waals surface area contributed by atoms with Gasteiger partial charge in [-0.25, -0.2) is 9.37 Å². The Morgan fingerprint density at radius 2 is 2.11 bits per heavy atom. The van der Waals surface area contributed by atoms with Gasteiger partial charge in [0, 0.05) is 7.05 Å². The average molecular weight is 262 g/mol. The lowest BCUT2D eigenvalue weighted by Crippen LogP contribution is -2.04. The van der Waals surface area contributed by atoms with Gasteiger partial charge in [0.15, 0.2) is 11.6 Å². The number of aryl methyl sites for hydroxylation is 1. The highest BCUT2D eigenvalue weighted by Crippen LogP contribution is 2.28. The number of anilines is 3. The van der Waals surface area contributed by atoms with Crippen LogP contribution in [0.15, 0.2) is 24.4 Å². The van der Waals surface area contributed by atoms with Crippen LogP contribution in [0.5, 0.6) is 5.75 Å². The number of benzene rings is 1. The second-order valence-electron chi connectivity index (χ2n) is 3.97. The summed E-state index contributed by atoms with van der Waals surface area (Å²) >= 11 is 0. The molecule has 2 aromatic rings. The van der Waals surface area contributed by atoms with Gasteiger partial charge in [-0.1, -0.05) is 6.07 Å². The first-order valence-electron chi connectivity index (χ1n) is 5.76. The molecule has 1 heterocycles. The van der Waals surface area contributed by atoms with Crippen LogP contribution in [-0.4, -0.2) is 24.1 Å². The molecule has 0 atom stereocenters. The molecule has 0 aliphatic heterocycles. The first-order valence-corrected chi connectivity index (χ1v) is 5.76. The summed E-state index contributed by atoms with van der Waals surface area (Å²) in [6.07, 6.45) is 1.11. The normalized spacial score (nSPS) is 10.1. The molecule has 2 N–H and O–H groups in total. The van der Waals surface area contributed by atoms with Crippen LogP contribution in [0.4, 0.5) is 21.8 Å². The molecule has 0 saturated carbocycles. The zero-order valence-corrected chi connectivity index (χ0v) is 11.0. The fourth-order valence-electron chi connectivity index (χ4n) is 1.62. The molecular weight excluding hydrogens is 247 g/mol. The number of hydrogen-bond donors (Lipinski definition) is 2. The fourth-order valence-corrected chi connectivity index (χ4v) is 1.62. The molecule has 6 heteroatoms. The quantitative estimate of drug-likeness (QED) is 0.887. The van der Waals surface area contributed by atoms with Gasteiger partial charge in [0.05, 0.1) is 19.0 Å². The van der Waals surface area contributed by atoms with E-state index in [1.165, 1.54) is 0 Å². The van der Waals surface area contributed by atoms with Crippen LogP contribution >= 0.6 is 0 Å². The molecule has 0 spiro atoms. The van der Waals surface area contributed by atoms with Crippen LogP contribution in [0.1, 0.15) is 5.56 Å². The maximum atomic E-state index is 13.7. The van der Waals surface area contributed by atoms with Crippen LogP contribution in [0.2, 0.25) is 0 Å². The van der Waals surface area contributed by atoms with E-state index >= 15 is 0 Å². The maximum Gasteiger partial charge on any atom is 0.224 e. The van der Waals surface area contributed by atoms with Gasteiger partial charge in [0.2, 0.25) is 5.95 Å². The molecule has 0 aliphatic carbocycles. The highest BCUT2D eigenvalue weighted by atomic mass is 19.1. The van der Waals surface area contributed by atoms with Crippen LogP contribution in [0, 0.1) is 12.7 Å². The van der Waals surface area contributed by atoms with E-state index in [0.29, 0.717) is 17.4 Å². The number of rotatable bonds is 4. The van der Waals surface area contributed by atoms with E-state index in [1.54, 1.807) is 14.2 Å². The van der Waals surface area contributed by atoms with Crippen LogP contribution < -0.4 is 15.4 Å². The van der Waals surface area contributed by atoms with E-state index < -0.39 is 5.82 Å². The second kappa shape index (κ2) is 5.51. The molecule has 0 bridgehead atoms. The Balaban J connectivity index is 2.37. The molecule has 1 aromatic carbocycles. The summed E-state index contributed by atoms with van der Waals surface area (Å²) in [5.74, 6) is 0.538. The summed E-state index contributed by atoms with van der Waals surface area (Å²) in [4.78, 5) is 7.82. The van der Waals surface area contributed by atoms with Gasteiger partial charge >= 0.3 is 0 Å². The third-order valence-corrected chi connectivity index (χ3v) is 2.58. The topological polar surface area (TPSA) is 59.1 Å². The van der Waals surface area contributed by atoms with E-state index in [2.05, 4.69) is 20.6 Å². The van der Waals surface area contributed by atoms with Gasteiger partial charge in [-0.3, -0.25) is 0 Å². The minimum atomic E-state index is -0.525. The summed E-state index contributed by atoms with van der Waals surface area (Å²) in [7, 11) is 3.23. The van der Waals surface area contributed by atoms with Crippen molar-refractivity contribution in [2.24, 2.45) is 0 Å². The first kappa shape index (κ1) is 13.1. The molecule has 19 heavy (non-hydrogen) atoms. The van der Waals surface area contributed by atoms with E-state index in [-0.39, 0.29) is 5.82 Å². The SMILES string of the molecule is CNc1ncc(F)c(Nc2cc(C)ccc2OC)n1. The standard InChI is InChI=1S/C13H15FN4O/c1-8-4-5-11(19-3)10(6-8)17-12-9(14)7-16-13(15-2)18-12/h4-7H,1-3H3,(H2,15,16,17,18). The maximum absolute atomic E-state index is 13.7. The van der Waals surface area contributed by atoms with E-state index in [4.69, 9.17) is 4.74 Å². The molecular formula is C13H15FN4O. The van der Waals surface area contributed by atoms with Crippen LogP contribution in [0.25, 0.3) is 0 Å². The Morgan fingerprint density at radius 1 is 1.32 bits per heavy atom. The Hall–Kier alpha value is -2.37. The summed E-state index contributed by atoms with van der Waals surface area (Å²) in [5, 5.41) is 5.68. The van der Waals surface area contributed by atoms with Crippen molar-refractivity contribution in [1.29, 1.82) is 0 Å². The Morgan fingerprint density at radius 3 is 2.79 bits per heavy atom. The number of hydrogen-bond acceptors (Lipinski definition) is 5. The lowest BCUT2D eigenvalue weighted by atomic mass is 10.2. The predicted molar refractivity (Wildman–Crippen MR) is 72.6 cm³/mol. The van der Waals surface area contributed by atoms with E-state index in [9.17, 15) is 4.39 Å². The molecule has 100 valence electrons. The smallest absolute Gasteiger partial charge is 0.224 e. The summed E-state index contributed by atoms with van der Waals surface area (Å²) in [6.45, 7) is 1.94. The molecule has 0 radical (unpaired) electrons. The monoisotopic (exact) mass is 262 g/mol. The fraction of sp³-hybridized carbons (Fsp3) is 0.231. The number of halogens is 1. The van der Waals surface area contributed by atoms with Crippen LogP contribution in [-0.2, 0) is 0 Å². The first-order chi connectivity index (χ1) is 9.13. The minimum Gasteiger partial charge on any atom is -0.495 e. The van der Waals surface area contributed by atoms with Crippen molar-refractivity contribution in [3.63, 3.8) is 0 Å². The average Bonchev–Trinajstić information content (AvgIpc) is 2.41. The highest BCUT2D eigenvalue weighted by molar-refractivity contribution is 5.65. The number of methoxy groups -OCH3 is 1. The summed E-state index contributed by atoms with van der Waals surface area (Å²) < 4.78 is 18.9. The second-order valence-corrected chi connectivity index (χ2v) is 3.97. The highest BCUT2D eigenvalue weighted by Gasteiger charge is 2.10. The van der Waals surface area contributed by atoms with Crippen molar-refractivity contribution in [1.82, 2.24) is 9.97 Å². The van der Waals surface area contributed by atoms with Gasteiger partial charge in [-0.05, 0) is 24.6 Å². The minimum absolute atomic E-state index is 0.100. The Kier molecular flexibility index (Phi) is 3.79. The Bertz CT molecular complexity index is 589. The Labute approximate surface area is 110 Å². The molecule has 0 aliphatic rings. The van der Waals surface area contributed by atoms with Crippen LogP contribution in [0.3, 0.4) is 0 Å². The van der Waals surface area contributed by atoms with Crippen molar-refractivity contribution >= 4 is 17.5 Å². The van der Waals surface area contributed by atoms with Crippen molar-refractivity contribution in [3.05, 3.63) is 35.8 Å². The third-order valence-electron chi connectivity index (χ3n) is 2.58. The van der Waals surface area contributed by atoms with Crippen molar-refractivity contribution in [2.45, 2.75) is 6.92 Å². The molecule has 1 aromatic heterocycles. The predicted octanol–water partition coefficient (Wildman–Crippen LogP) is 2.72. The van der Waals surface area contributed by atoms with Gasteiger partial charge in [-0.2, -0.15) is 4.98 Å². The summed E-state index contributed by atoms with van der Waals surface area (Å²) in [6, 6.07) is 5.59. The lowest BCUT2D eigenvalue weighted by Gasteiger charge is -2.12. The zero-order valence-electron chi connectivity index (χ0n) is 11.0. The van der Waals surface area contributed by atoms with Gasteiger partial charge in [0.1, 0.15) is 5.75 Å². The number of ether oxygens (including phenoxy) is 1.